The largest absolute Gasteiger partial charge is 0.464 e. The minimum absolute atomic E-state index is 0.159. The fourth-order valence-corrected chi connectivity index (χ4v) is 6.45. The molecule has 2 aliphatic rings. The maximum Gasteiger partial charge on any atom is 0.339 e. The third-order valence-electron chi connectivity index (χ3n) is 7.50. The molecule has 5 rings (SSSR count). The molecule has 0 N–H and O–H groups in total. The van der Waals surface area contributed by atoms with E-state index in [1.54, 1.807) is 12.3 Å². The van der Waals surface area contributed by atoms with Gasteiger partial charge in [-0.25, -0.2) is 4.79 Å². The molecule has 1 aliphatic heterocycles. The zero-order chi connectivity index (χ0) is 22.1. The van der Waals surface area contributed by atoms with Crippen molar-refractivity contribution in [3.8, 4) is 0 Å². The van der Waals surface area contributed by atoms with Crippen LogP contribution in [-0.2, 0) is 11.2 Å². The molecule has 5 nitrogen and oxygen atoms in total. The van der Waals surface area contributed by atoms with E-state index in [2.05, 4.69) is 25.7 Å². The lowest BCUT2D eigenvalue weighted by Crippen LogP contribution is -2.38. The molecule has 2 aromatic heterocycles. The van der Waals surface area contributed by atoms with Gasteiger partial charge in [-0.1, -0.05) is 20.8 Å². The Morgan fingerprint density at radius 1 is 1.13 bits per heavy atom. The van der Waals surface area contributed by atoms with Gasteiger partial charge in [0.1, 0.15) is 11.2 Å². The first kappa shape index (κ1) is 20.3. The highest BCUT2D eigenvalue weighted by Gasteiger charge is 2.50. The van der Waals surface area contributed by atoms with Crippen molar-refractivity contribution >= 4 is 27.8 Å². The van der Waals surface area contributed by atoms with Gasteiger partial charge in [0, 0.05) is 41.4 Å². The summed E-state index contributed by atoms with van der Waals surface area (Å²) < 4.78 is 11.2. The SMILES string of the molecule is Cc1coc2cc3oc(=O)c(CCC(=O)N4C[C@@]5(C)C[C@@H]4CC(C)(C)C5)c(C)c3cc12. The Labute approximate surface area is 182 Å². The number of nitrogens with zero attached hydrogens (tertiary/aromatic N) is 1. The molecule has 1 aromatic carbocycles. The van der Waals surface area contributed by atoms with Gasteiger partial charge in [0.15, 0.2) is 0 Å². The number of likely N-dealkylation sites (tertiary alicyclic amines) is 1. The van der Waals surface area contributed by atoms with Crippen LogP contribution in [0.25, 0.3) is 21.9 Å². The van der Waals surface area contributed by atoms with Crippen LogP contribution in [0.3, 0.4) is 0 Å². The minimum atomic E-state index is -0.353. The Kier molecular flexibility index (Phi) is 4.41. The van der Waals surface area contributed by atoms with E-state index in [1.807, 2.05) is 19.9 Å². The number of aryl methyl sites for hydroxylation is 2. The Bertz CT molecular complexity index is 1260. The zero-order valence-corrected chi connectivity index (χ0v) is 19.1. The Balaban J connectivity index is 1.41. The summed E-state index contributed by atoms with van der Waals surface area (Å²) >= 11 is 0. The molecule has 2 fully saturated rings. The minimum Gasteiger partial charge on any atom is -0.464 e. The molecule has 3 heterocycles. The second-order valence-corrected chi connectivity index (χ2v) is 11.0. The molecule has 164 valence electrons. The lowest BCUT2D eigenvalue weighted by Gasteiger charge is -2.39. The van der Waals surface area contributed by atoms with E-state index in [4.69, 9.17) is 8.83 Å². The lowest BCUT2D eigenvalue weighted by molar-refractivity contribution is -0.132. The summed E-state index contributed by atoms with van der Waals surface area (Å²) in [7, 11) is 0. The predicted molar refractivity (Wildman–Crippen MR) is 121 cm³/mol. The fourth-order valence-electron chi connectivity index (χ4n) is 6.45. The van der Waals surface area contributed by atoms with Crippen LogP contribution in [0.2, 0.25) is 0 Å². The van der Waals surface area contributed by atoms with Crippen molar-refractivity contribution < 1.29 is 13.6 Å². The molecule has 1 aliphatic carbocycles. The number of rotatable bonds is 3. The first-order valence-electron chi connectivity index (χ1n) is 11.3. The predicted octanol–water partition coefficient (Wildman–Crippen LogP) is 5.52. The topological polar surface area (TPSA) is 63.7 Å². The van der Waals surface area contributed by atoms with E-state index in [-0.39, 0.29) is 22.4 Å². The molecule has 0 spiro atoms. The van der Waals surface area contributed by atoms with E-state index in [0.29, 0.717) is 35.6 Å². The molecule has 1 saturated carbocycles. The number of hydrogen-bond acceptors (Lipinski definition) is 4. The van der Waals surface area contributed by atoms with Crippen molar-refractivity contribution in [1.29, 1.82) is 0 Å². The number of amides is 1. The summed E-state index contributed by atoms with van der Waals surface area (Å²) in [5, 5.41) is 1.93. The van der Waals surface area contributed by atoms with Crippen LogP contribution in [0.15, 0.2) is 32.0 Å². The standard InChI is InChI=1S/C26H31NO4/c1-15-12-30-21-9-22-20(8-19(15)21)16(2)18(24(29)31-22)6-7-23(28)27-14-26(5)11-17(27)10-25(3,4)13-26/h8-9,12,17H,6-7,10-11,13-14H2,1-5H3/t17-,26-/m0/s1. The van der Waals surface area contributed by atoms with Gasteiger partial charge in [-0.05, 0) is 67.6 Å². The van der Waals surface area contributed by atoms with Crippen LogP contribution in [-0.4, -0.2) is 23.4 Å². The first-order valence-corrected chi connectivity index (χ1v) is 11.3. The summed E-state index contributed by atoms with van der Waals surface area (Å²) in [4.78, 5) is 28.0. The fraction of sp³-hybridized carbons (Fsp3) is 0.538. The Morgan fingerprint density at radius 2 is 1.90 bits per heavy atom. The van der Waals surface area contributed by atoms with Gasteiger partial charge in [0.25, 0.3) is 0 Å². The second kappa shape index (κ2) is 6.72. The van der Waals surface area contributed by atoms with Crippen molar-refractivity contribution in [3.63, 3.8) is 0 Å². The molecule has 2 bridgehead atoms. The highest BCUT2D eigenvalue weighted by atomic mass is 16.4. The third-order valence-corrected chi connectivity index (χ3v) is 7.50. The van der Waals surface area contributed by atoms with Crippen LogP contribution < -0.4 is 5.63 Å². The van der Waals surface area contributed by atoms with Crippen molar-refractivity contribution in [3.05, 3.63) is 45.5 Å². The number of hydrogen-bond donors (Lipinski definition) is 0. The quantitative estimate of drug-likeness (QED) is 0.523. The Hall–Kier alpha value is -2.56. The van der Waals surface area contributed by atoms with Gasteiger partial charge in [0.05, 0.1) is 6.26 Å². The molecule has 0 unspecified atom stereocenters. The molecule has 5 heteroatoms. The highest BCUT2D eigenvalue weighted by molar-refractivity contribution is 5.96. The average Bonchev–Trinajstić information content (AvgIpc) is 3.15. The van der Waals surface area contributed by atoms with Gasteiger partial charge < -0.3 is 13.7 Å². The summed E-state index contributed by atoms with van der Waals surface area (Å²) in [5.74, 6) is 0.159. The lowest BCUT2D eigenvalue weighted by atomic mass is 9.65. The maximum atomic E-state index is 13.2. The zero-order valence-electron chi connectivity index (χ0n) is 19.1. The van der Waals surface area contributed by atoms with Crippen LogP contribution in [0.1, 0.15) is 63.1 Å². The summed E-state index contributed by atoms with van der Waals surface area (Å²) in [6, 6.07) is 4.14. The maximum absolute atomic E-state index is 13.2. The molecular formula is C26H31NO4. The number of carbonyl (C=O) groups excluding carboxylic acids is 1. The Morgan fingerprint density at radius 3 is 2.68 bits per heavy atom. The van der Waals surface area contributed by atoms with Crippen molar-refractivity contribution in [2.24, 2.45) is 10.8 Å². The van der Waals surface area contributed by atoms with Gasteiger partial charge in [0.2, 0.25) is 5.91 Å². The highest BCUT2D eigenvalue weighted by Crippen LogP contribution is 2.52. The third kappa shape index (κ3) is 3.38. The molecule has 1 saturated heterocycles. The normalized spacial score (nSPS) is 24.9. The van der Waals surface area contributed by atoms with E-state index >= 15 is 0 Å². The van der Waals surface area contributed by atoms with Crippen molar-refractivity contribution in [2.75, 3.05) is 6.54 Å². The molecule has 2 atom stereocenters. The average molecular weight is 422 g/mol. The summed E-state index contributed by atoms with van der Waals surface area (Å²) in [6.45, 7) is 11.7. The van der Waals surface area contributed by atoms with Gasteiger partial charge >= 0.3 is 5.63 Å². The van der Waals surface area contributed by atoms with E-state index < -0.39 is 0 Å². The first-order chi connectivity index (χ1) is 14.6. The molecule has 1 amide bonds. The van der Waals surface area contributed by atoms with Gasteiger partial charge in [-0.15, -0.1) is 0 Å². The van der Waals surface area contributed by atoms with Crippen LogP contribution in [0.4, 0.5) is 0 Å². The molecule has 31 heavy (non-hydrogen) atoms. The number of furan rings is 1. The second-order valence-electron chi connectivity index (χ2n) is 11.0. The van der Waals surface area contributed by atoms with E-state index in [0.717, 1.165) is 47.7 Å². The molecular weight excluding hydrogens is 390 g/mol. The van der Waals surface area contributed by atoms with Crippen LogP contribution >= 0.6 is 0 Å². The molecule has 3 aromatic rings. The summed E-state index contributed by atoms with van der Waals surface area (Å²) in [5.41, 5.74) is 3.94. The smallest absolute Gasteiger partial charge is 0.339 e. The number of fused-ring (bicyclic) bond motifs is 4. The van der Waals surface area contributed by atoms with E-state index in [1.165, 1.54) is 0 Å². The van der Waals surface area contributed by atoms with Crippen molar-refractivity contribution in [2.45, 2.75) is 72.8 Å². The number of carbonyl (C=O) groups is 1. The summed E-state index contributed by atoms with van der Waals surface area (Å²) in [6.07, 6.45) is 5.79. The van der Waals surface area contributed by atoms with Crippen LogP contribution in [0.5, 0.6) is 0 Å². The van der Waals surface area contributed by atoms with Crippen LogP contribution in [0, 0.1) is 24.7 Å². The molecule has 0 radical (unpaired) electrons. The van der Waals surface area contributed by atoms with Gasteiger partial charge in [-0.3, -0.25) is 4.79 Å². The van der Waals surface area contributed by atoms with E-state index in [9.17, 15) is 9.59 Å². The number of benzene rings is 1. The van der Waals surface area contributed by atoms with Gasteiger partial charge in [-0.2, -0.15) is 0 Å². The monoisotopic (exact) mass is 421 g/mol. The van der Waals surface area contributed by atoms with Crippen molar-refractivity contribution in [1.82, 2.24) is 4.90 Å².